The second kappa shape index (κ2) is 8.13. The van der Waals surface area contributed by atoms with E-state index in [4.69, 9.17) is 0 Å². The van der Waals surface area contributed by atoms with E-state index in [2.05, 4.69) is 34.6 Å². The molecule has 7 heteroatoms. The van der Waals surface area contributed by atoms with Gasteiger partial charge in [0, 0.05) is 30.1 Å². The van der Waals surface area contributed by atoms with Crippen molar-refractivity contribution in [3.8, 4) is 0 Å². The van der Waals surface area contributed by atoms with Crippen molar-refractivity contribution in [2.75, 3.05) is 16.8 Å². The van der Waals surface area contributed by atoms with Crippen LogP contribution < -0.4 is 10.2 Å². The molecule has 0 aliphatic carbocycles. The number of aromatic nitrogens is 2. The summed E-state index contributed by atoms with van der Waals surface area (Å²) in [6.07, 6.45) is 1.37. The Labute approximate surface area is 173 Å². The van der Waals surface area contributed by atoms with Crippen LogP contribution in [-0.2, 0) is 11.2 Å². The quantitative estimate of drug-likeness (QED) is 0.690. The molecule has 2 heterocycles. The van der Waals surface area contributed by atoms with Crippen molar-refractivity contribution >= 4 is 34.0 Å². The summed E-state index contributed by atoms with van der Waals surface area (Å²) >= 11 is 1.33. The van der Waals surface area contributed by atoms with E-state index >= 15 is 0 Å². The predicted molar refractivity (Wildman–Crippen MR) is 115 cm³/mol. The molecule has 1 aliphatic heterocycles. The van der Waals surface area contributed by atoms with Gasteiger partial charge in [-0.25, -0.2) is 0 Å². The van der Waals surface area contributed by atoms with Gasteiger partial charge in [0.15, 0.2) is 0 Å². The number of hydrogen-bond donors (Lipinski definition) is 1. The number of carbonyl (C=O) groups excluding carboxylic acids is 2. The topological polar surface area (TPSA) is 75.2 Å². The van der Waals surface area contributed by atoms with E-state index in [0.29, 0.717) is 23.7 Å². The fourth-order valence-corrected chi connectivity index (χ4v) is 4.19. The highest BCUT2D eigenvalue weighted by Gasteiger charge is 2.34. The maximum Gasteiger partial charge on any atom is 0.257 e. The summed E-state index contributed by atoms with van der Waals surface area (Å²) in [5.74, 6) is -0.150. The molecule has 2 amide bonds. The van der Waals surface area contributed by atoms with E-state index in [1.165, 1.54) is 16.9 Å². The Bertz CT molecular complexity index is 1030. The van der Waals surface area contributed by atoms with Gasteiger partial charge < -0.3 is 4.90 Å². The third kappa shape index (κ3) is 4.19. The van der Waals surface area contributed by atoms with E-state index in [9.17, 15) is 9.59 Å². The average molecular weight is 407 g/mol. The minimum absolute atomic E-state index is 0.0177. The molecule has 2 aromatic carbocycles. The Morgan fingerprint density at radius 2 is 1.86 bits per heavy atom. The fraction of sp³-hybridized carbons (Fsp3) is 0.273. The Balaban J connectivity index is 1.43. The monoisotopic (exact) mass is 406 g/mol. The number of aryl methyl sites for hydroxylation is 2. The Morgan fingerprint density at radius 1 is 1.14 bits per heavy atom. The van der Waals surface area contributed by atoms with Crippen LogP contribution in [0.15, 0.2) is 48.5 Å². The molecule has 0 saturated carbocycles. The van der Waals surface area contributed by atoms with Crippen molar-refractivity contribution < 1.29 is 9.59 Å². The van der Waals surface area contributed by atoms with Gasteiger partial charge >= 0.3 is 0 Å². The molecular formula is C22H22N4O2S. The number of anilines is 2. The molecular weight excluding hydrogens is 384 g/mol. The standard InChI is InChI=1S/C22H22N4O2S/c1-3-15-6-10-18(11-7-15)26-13-17(12-19(26)27)21-24-25-22(29-21)23-20(28)16-8-4-14(2)5-9-16/h4-11,17H,3,12-13H2,1-2H3,(H,23,25,28)/t17-/m1/s1. The summed E-state index contributed by atoms with van der Waals surface area (Å²) in [5.41, 5.74) is 3.83. The van der Waals surface area contributed by atoms with Gasteiger partial charge in [-0.1, -0.05) is 48.1 Å². The molecule has 0 bridgehead atoms. The molecule has 0 unspecified atom stereocenters. The third-order valence-corrected chi connectivity index (χ3v) is 6.11. The van der Waals surface area contributed by atoms with Gasteiger partial charge in [-0.2, -0.15) is 0 Å². The molecule has 1 aliphatic rings. The number of hydrogen-bond acceptors (Lipinski definition) is 5. The number of benzene rings is 2. The van der Waals surface area contributed by atoms with Gasteiger partial charge in [0.2, 0.25) is 11.0 Å². The van der Waals surface area contributed by atoms with E-state index < -0.39 is 0 Å². The van der Waals surface area contributed by atoms with Crippen LogP contribution in [0.3, 0.4) is 0 Å². The first-order valence-electron chi connectivity index (χ1n) is 9.64. The van der Waals surface area contributed by atoms with Crippen LogP contribution in [0.25, 0.3) is 0 Å². The first-order chi connectivity index (χ1) is 14.0. The maximum atomic E-state index is 12.5. The van der Waals surface area contributed by atoms with Crippen LogP contribution in [0.2, 0.25) is 0 Å². The van der Waals surface area contributed by atoms with E-state index in [-0.39, 0.29) is 17.7 Å². The van der Waals surface area contributed by atoms with Crippen molar-refractivity contribution in [3.63, 3.8) is 0 Å². The Kier molecular flexibility index (Phi) is 5.40. The second-order valence-corrected chi connectivity index (χ2v) is 8.20. The molecule has 1 aromatic heterocycles. The number of nitrogens with zero attached hydrogens (tertiary/aromatic N) is 3. The summed E-state index contributed by atoms with van der Waals surface area (Å²) < 4.78 is 0. The summed E-state index contributed by atoms with van der Waals surface area (Å²) in [5, 5.41) is 12.3. The highest BCUT2D eigenvalue weighted by Crippen LogP contribution is 2.34. The normalized spacial score (nSPS) is 16.3. The summed E-state index contributed by atoms with van der Waals surface area (Å²) in [4.78, 5) is 26.7. The third-order valence-electron chi connectivity index (χ3n) is 5.11. The van der Waals surface area contributed by atoms with Gasteiger partial charge in [0.1, 0.15) is 5.01 Å². The zero-order chi connectivity index (χ0) is 20.4. The van der Waals surface area contributed by atoms with Gasteiger partial charge in [-0.3, -0.25) is 14.9 Å². The Hall–Kier alpha value is -3.06. The lowest BCUT2D eigenvalue weighted by atomic mass is 10.1. The molecule has 1 N–H and O–H groups in total. The molecule has 29 heavy (non-hydrogen) atoms. The van der Waals surface area contributed by atoms with Crippen molar-refractivity contribution in [1.82, 2.24) is 10.2 Å². The van der Waals surface area contributed by atoms with Gasteiger partial charge in [0.25, 0.3) is 5.91 Å². The maximum absolute atomic E-state index is 12.5. The Morgan fingerprint density at radius 3 is 2.55 bits per heavy atom. The first kappa shape index (κ1) is 19.3. The SMILES string of the molecule is CCc1ccc(N2C[C@H](c3nnc(NC(=O)c4ccc(C)cc4)s3)CC2=O)cc1. The highest BCUT2D eigenvalue weighted by molar-refractivity contribution is 7.15. The van der Waals surface area contributed by atoms with Crippen LogP contribution in [0.4, 0.5) is 10.8 Å². The van der Waals surface area contributed by atoms with Gasteiger partial charge in [-0.15, -0.1) is 10.2 Å². The van der Waals surface area contributed by atoms with Crippen molar-refractivity contribution in [1.29, 1.82) is 0 Å². The minimum atomic E-state index is -0.215. The molecule has 1 fully saturated rings. The predicted octanol–water partition coefficient (Wildman–Crippen LogP) is 4.18. The van der Waals surface area contributed by atoms with Crippen LogP contribution in [-0.4, -0.2) is 28.6 Å². The lowest BCUT2D eigenvalue weighted by molar-refractivity contribution is -0.117. The molecule has 6 nitrogen and oxygen atoms in total. The number of nitrogens with one attached hydrogen (secondary N) is 1. The molecule has 4 rings (SSSR count). The number of amides is 2. The minimum Gasteiger partial charge on any atom is -0.312 e. The van der Waals surface area contributed by atoms with Crippen LogP contribution in [0.1, 0.15) is 45.8 Å². The van der Waals surface area contributed by atoms with Crippen molar-refractivity contribution in [3.05, 3.63) is 70.2 Å². The summed E-state index contributed by atoms with van der Waals surface area (Å²) in [6, 6.07) is 15.4. The fourth-order valence-electron chi connectivity index (χ4n) is 3.36. The zero-order valence-electron chi connectivity index (χ0n) is 16.4. The zero-order valence-corrected chi connectivity index (χ0v) is 17.2. The average Bonchev–Trinajstić information content (AvgIpc) is 3.35. The smallest absolute Gasteiger partial charge is 0.257 e. The van der Waals surface area contributed by atoms with Crippen LogP contribution in [0, 0.1) is 6.92 Å². The number of carbonyl (C=O) groups is 2. The largest absolute Gasteiger partial charge is 0.312 e. The molecule has 1 saturated heterocycles. The number of rotatable bonds is 5. The van der Waals surface area contributed by atoms with Crippen molar-refractivity contribution in [2.45, 2.75) is 32.6 Å². The summed E-state index contributed by atoms with van der Waals surface area (Å²) in [6.45, 7) is 4.66. The summed E-state index contributed by atoms with van der Waals surface area (Å²) in [7, 11) is 0. The molecule has 0 radical (unpaired) electrons. The molecule has 0 spiro atoms. The molecule has 148 valence electrons. The van der Waals surface area contributed by atoms with Crippen LogP contribution in [0.5, 0.6) is 0 Å². The van der Waals surface area contributed by atoms with Crippen molar-refractivity contribution in [2.24, 2.45) is 0 Å². The van der Waals surface area contributed by atoms with E-state index in [0.717, 1.165) is 22.7 Å². The highest BCUT2D eigenvalue weighted by atomic mass is 32.1. The lowest BCUT2D eigenvalue weighted by Gasteiger charge is -2.16. The van der Waals surface area contributed by atoms with E-state index in [1.54, 1.807) is 17.0 Å². The van der Waals surface area contributed by atoms with Gasteiger partial charge in [-0.05, 0) is 43.2 Å². The first-order valence-corrected chi connectivity index (χ1v) is 10.5. The molecule has 3 aromatic rings. The van der Waals surface area contributed by atoms with Gasteiger partial charge in [0.05, 0.1) is 0 Å². The van der Waals surface area contributed by atoms with E-state index in [1.807, 2.05) is 31.2 Å². The van der Waals surface area contributed by atoms with Crippen LogP contribution >= 0.6 is 11.3 Å². The molecule has 1 atom stereocenters. The second-order valence-electron chi connectivity index (χ2n) is 7.19. The lowest BCUT2D eigenvalue weighted by Crippen LogP contribution is -2.24.